The van der Waals surface area contributed by atoms with Crippen LogP contribution in [0.2, 0.25) is 0 Å². The quantitative estimate of drug-likeness (QED) is 0.839. The lowest BCUT2D eigenvalue weighted by atomic mass is 10.1. The van der Waals surface area contributed by atoms with Gasteiger partial charge in [0.05, 0.1) is 7.11 Å². The molecule has 1 aromatic carbocycles. The molecule has 0 aliphatic carbocycles. The molecular formula is C18H25FN2O4. The summed E-state index contributed by atoms with van der Waals surface area (Å²) in [7, 11) is 1.40. The van der Waals surface area contributed by atoms with Crippen molar-refractivity contribution in [2.45, 2.75) is 39.2 Å². The number of carbonyl (C=O) groups is 1. The average Bonchev–Trinajstić information content (AvgIpc) is 2.55. The van der Waals surface area contributed by atoms with Crippen LogP contribution in [0.1, 0.15) is 33.6 Å². The highest BCUT2D eigenvalue weighted by molar-refractivity contribution is 5.68. The smallest absolute Gasteiger partial charge is 0.410 e. The molecule has 0 saturated carbocycles. The van der Waals surface area contributed by atoms with Crippen LogP contribution in [0.4, 0.5) is 9.18 Å². The number of hydroxylamine groups is 1. The fourth-order valence-electron chi connectivity index (χ4n) is 2.35. The average molecular weight is 352 g/mol. The summed E-state index contributed by atoms with van der Waals surface area (Å²) in [6.07, 6.45) is 2.81. The summed E-state index contributed by atoms with van der Waals surface area (Å²) in [5.74, 6) is -0.379. The van der Waals surface area contributed by atoms with Gasteiger partial charge in [-0.25, -0.2) is 10.3 Å². The molecule has 1 amide bonds. The number of likely N-dealkylation sites (tertiary alicyclic amines) is 1. The van der Waals surface area contributed by atoms with Gasteiger partial charge in [-0.3, -0.25) is 0 Å². The number of benzene rings is 1. The molecule has 138 valence electrons. The number of nitrogens with one attached hydrogen (secondary N) is 1. The van der Waals surface area contributed by atoms with Crippen molar-refractivity contribution in [2.24, 2.45) is 0 Å². The van der Waals surface area contributed by atoms with Crippen LogP contribution in [0.3, 0.4) is 0 Å². The number of rotatable bonds is 4. The van der Waals surface area contributed by atoms with E-state index in [9.17, 15) is 9.18 Å². The number of hydrogen-bond donors (Lipinski definition) is 1. The van der Waals surface area contributed by atoms with Gasteiger partial charge in [-0.05, 0) is 51.3 Å². The van der Waals surface area contributed by atoms with Gasteiger partial charge in [0.15, 0.2) is 11.5 Å². The number of methoxy groups -OCH3 is 1. The van der Waals surface area contributed by atoms with Crippen LogP contribution in [0.5, 0.6) is 11.5 Å². The molecule has 7 heteroatoms. The van der Waals surface area contributed by atoms with E-state index in [4.69, 9.17) is 14.3 Å². The molecular weight excluding hydrogens is 327 g/mol. The van der Waals surface area contributed by atoms with Crippen LogP contribution in [0.25, 0.3) is 0 Å². The summed E-state index contributed by atoms with van der Waals surface area (Å²) in [5, 5.41) is 0. The summed E-state index contributed by atoms with van der Waals surface area (Å²) in [6, 6.07) is 4.67. The first-order valence-corrected chi connectivity index (χ1v) is 8.21. The Bertz CT molecular complexity index is 630. The minimum Gasteiger partial charge on any atom is -0.494 e. The molecule has 1 N–H and O–H groups in total. The first-order chi connectivity index (χ1) is 11.8. The number of piperidine rings is 1. The van der Waals surface area contributed by atoms with Crippen molar-refractivity contribution >= 4 is 6.09 Å². The molecule has 1 saturated heterocycles. The highest BCUT2D eigenvalue weighted by Gasteiger charge is 2.24. The van der Waals surface area contributed by atoms with Gasteiger partial charge in [-0.15, -0.1) is 0 Å². The lowest BCUT2D eigenvalue weighted by Gasteiger charge is -2.30. The number of nitrogens with zero attached hydrogens (tertiary/aromatic N) is 1. The molecule has 0 atom stereocenters. The second-order valence-corrected chi connectivity index (χ2v) is 6.76. The van der Waals surface area contributed by atoms with E-state index >= 15 is 0 Å². The molecule has 1 fully saturated rings. The molecule has 1 aliphatic heterocycles. The molecule has 0 aromatic heterocycles. The Labute approximate surface area is 147 Å². The third-order valence-electron chi connectivity index (χ3n) is 3.64. The number of ether oxygens (including phenoxy) is 2. The lowest BCUT2D eigenvalue weighted by Crippen LogP contribution is -2.40. The number of halogens is 1. The van der Waals surface area contributed by atoms with E-state index in [1.54, 1.807) is 17.2 Å². The van der Waals surface area contributed by atoms with Crippen molar-refractivity contribution in [1.29, 1.82) is 0 Å². The predicted octanol–water partition coefficient (Wildman–Crippen LogP) is 3.63. The highest BCUT2D eigenvalue weighted by Crippen LogP contribution is 2.25. The second kappa shape index (κ2) is 8.09. The first kappa shape index (κ1) is 18.9. The van der Waals surface area contributed by atoms with Gasteiger partial charge in [-0.1, -0.05) is 6.07 Å². The topological polar surface area (TPSA) is 60.0 Å². The summed E-state index contributed by atoms with van der Waals surface area (Å²) < 4.78 is 24.2. The molecule has 0 unspecified atom stereocenters. The van der Waals surface area contributed by atoms with Crippen molar-refractivity contribution in [2.75, 3.05) is 20.2 Å². The second-order valence-electron chi connectivity index (χ2n) is 6.76. The van der Waals surface area contributed by atoms with E-state index < -0.39 is 11.4 Å². The highest BCUT2D eigenvalue weighted by atomic mass is 19.1. The normalized spacial score (nSPS) is 14.8. The Kier molecular flexibility index (Phi) is 6.12. The van der Waals surface area contributed by atoms with E-state index in [0.29, 0.717) is 25.9 Å². The van der Waals surface area contributed by atoms with Crippen LogP contribution in [0.15, 0.2) is 30.0 Å². The maximum absolute atomic E-state index is 13.9. The van der Waals surface area contributed by atoms with Crippen molar-refractivity contribution in [1.82, 2.24) is 10.4 Å². The van der Waals surface area contributed by atoms with Crippen LogP contribution in [-0.2, 0) is 4.74 Å². The summed E-state index contributed by atoms with van der Waals surface area (Å²) in [6.45, 7) is 6.70. The van der Waals surface area contributed by atoms with Crippen LogP contribution >= 0.6 is 0 Å². The molecule has 2 rings (SSSR count). The van der Waals surface area contributed by atoms with Crippen molar-refractivity contribution in [3.8, 4) is 11.5 Å². The SMILES string of the molecule is COc1cccc(ONC=C2CCN(C(=O)OC(C)(C)C)CC2)c1F. The van der Waals surface area contributed by atoms with Crippen molar-refractivity contribution in [3.63, 3.8) is 0 Å². The predicted molar refractivity (Wildman–Crippen MR) is 91.8 cm³/mol. The molecule has 25 heavy (non-hydrogen) atoms. The minimum absolute atomic E-state index is 0.0578. The summed E-state index contributed by atoms with van der Waals surface area (Å²) in [5.41, 5.74) is 3.24. The summed E-state index contributed by atoms with van der Waals surface area (Å²) >= 11 is 0. The maximum atomic E-state index is 13.9. The van der Waals surface area contributed by atoms with E-state index in [-0.39, 0.29) is 17.6 Å². The zero-order valence-corrected chi connectivity index (χ0v) is 15.1. The Morgan fingerprint density at radius 1 is 1.24 bits per heavy atom. The van der Waals surface area contributed by atoms with Gasteiger partial charge in [0.1, 0.15) is 5.60 Å². The van der Waals surface area contributed by atoms with Gasteiger partial charge in [0.2, 0.25) is 5.82 Å². The Balaban J connectivity index is 1.82. The lowest BCUT2D eigenvalue weighted by molar-refractivity contribution is 0.0236. The van der Waals surface area contributed by atoms with Gasteiger partial charge in [0.25, 0.3) is 0 Å². The number of hydrogen-bond acceptors (Lipinski definition) is 5. The molecule has 1 heterocycles. The fourth-order valence-corrected chi connectivity index (χ4v) is 2.35. The van der Waals surface area contributed by atoms with Crippen molar-refractivity contribution in [3.05, 3.63) is 35.8 Å². The molecule has 0 radical (unpaired) electrons. The van der Waals surface area contributed by atoms with Crippen LogP contribution in [0, 0.1) is 5.82 Å². The van der Waals surface area contributed by atoms with E-state index in [0.717, 1.165) is 5.57 Å². The van der Waals surface area contributed by atoms with Gasteiger partial charge < -0.3 is 19.2 Å². The molecule has 0 bridgehead atoms. The number of amides is 1. The molecule has 1 aliphatic rings. The maximum Gasteiger partial charge on any atom is 0.410 e. The largest absolute Gasteiger partial charge is 0.494 e. The van der Waals surface area contributed by atoms with Crippen LogP contribution < -0.4 is 15.1 Å². The Morgan fingerprint density at radius 2 is 1.88 bits per heavy atom. The van der Waals surface area contributed by atoms with Gasteiger partial charge >= 0.3 is 6.09 Å². The Morgan fingerprint density at radius 3 is 2.48 bits per heavy atom. The zero-order chi connectivity index (χ0) is 18.4. The molecule has 6 nitrogen and oxygen atoms in total. The molecule has 0 spiro atoms. The van der Waals surface area contributed by atoms with Gasteiger partial charge in [-0.2, -0.15) is 4.39 Å². The standard InChI is InChI=1S/C18H25FN2O4/c1-18(2,3)24-17(22)21-10-8-13(9-11-21)12-20-25-15-7-5-6-14(23-4)16(15)19/h5-7,12,20H,8-11H2,1-4H3. The van der Waals surface area contributed by atoms with E-state index in [2.05, 4.69) is 5.48 Å². The third kappa shape index (κ3) is 5.55. The zero-order valence-electron chi connectivity index (χ0n) is 15.1. The monoisotopic (exact) mass is 352 g/mol. The minimum atomic E-state index is -0.560. The first-order valence-electron chi connectivity index (χ1n) is 8.21. The fraction of sp³-hybridized carbons (Fsp3) is 0.500. The van der Waals surface area contributed by atoms with Crippen LogP contribution in [-0.4, -0.2) is 36.8 Å². The van der Waals surface area contributed by atoms with Crippen molar-refractivity contribution < 1.29 is 23.5 Å². The van der Waals surface area contributed by atoms with E-state index in [1.165, 1.54) is 19.2 Å². The van der Waals surface area contributed by atoms with E-state index in [1.807, 2.05) is 20.8 Å². The number of carbonyl (C=O) groups excluding carboxylic acids is 1. The Hall–Kier alpha value is -2.44. The van der Waals surface area contributed by atoms with Gasteiger partial charge in [0, 0.05) is 19.3 Å². The molecule has 1 aromatic rings. The summed E-state index contributed by atoms with van der Waals surface area (Å²) in [4.78, 5) is 18.9. The third-order valence-corrected chi connectivity index (χ3v) is 3.64.